The lowest BCUT2D eigenvalue weighted by Gasteiger charge is -2.13. The lowest BCUT2D eigenvalue weighted by molar-refractivity contribution is 0.317. The normalized spacial score (nSPS) is 11.1. The van der Waals surface area contributed by atoms with Crippen LogP contribution in [0.5, 0.6) is 17.2 Å². The Balaban J connectivity index is 3.17. The van der Waals surface area contributed by atoms with Gasteiger partial charge >= 0.3 is 0 Å². The first-order chi connectivity index (χ1) is 8.15. The highest BCUT2D eigenvalue weighted by molar-refractivity contribution is 5.82. The summed E-state index contributed by atoms with van der Waals surface area (Å²) in [6, 6.07) is 3.50. The zero-order valence-electron chi connectivity index (χ0n) is 10.1. The first-order valence-corrected chi connectivity index (χ1v) is 4.91. The second-order valence-corrected chi connectivity index (χ2v) is 3.30. The largest absolute Gasteiger partial charge is 0.493 e. The van der Waals surface area contributed by atoms with Crippen LogP contribution in [-0.2, 0) is 6.42 Å². The van der Waals surface area contributed by atoms with Gasteiger partial charge in [0.15, 0.2) is 11.5 Å². The van der Waals surface area contributed by atoms with Crippen molar-refractivity contribution in [1.82, 2.24) is 0 Å². The Morgan fingerprint density at radius 2 is 1.71 bits per heavy atom. The maximum Gasteiger partial charge on any atom is 0.203 e. The topological polar surface area (TPSA) is 86.3 Å². The van der Waals surface area contributed by atoms with Crippen molar-refractivity contribution in [3.8, 4) is 17.2 Å². The lowest BCUT2D eigenvalue weighted by atomic mass is 10.1. The molecule has 1 rings (SSSR count). The number of hydrogen-bond donors (Lipinski definition) is 2. The van der Waals surface area contributed by atoms with Gasteiger partial charge in [0.25, 0.3) is 0 Å². The zero-order chi connectivity index (χ0) is 12.8. The molecule has 1 aromatic carbocycles. The Morgan fingerprint density at radius 3 is 2.06 bits per heavy atom. The Labute approximate surface area is 99.6 Å². The highest BCUT2D eigenvalue weighted by Gasteiger charge is 2.13. The van der Waals surface area contributed by atoms with Crippen molar-refractivity contribution < 1.29 is 19.4 Å². The van der Waals surface area contributed by atoms with Gasteiger partial charge in [0.05, 0.1) is 21.3 Å². The summed E-state index contributed by atoms with van der Waals surface area (Å²) in [4.78, 5) is 0. The van der Waals surface area contributed by atoms with Gasteiger partial charge in [-0.25, -0.2) is 0 Å². The number of ether oxygens (including phenoxy) is 3. The summed E-state index contributed by atoms with van der Waals surface area (Å²) in [5.74, 6) is 1.69. The molecule has 17 heavy (non-hydrogen) atoms. The van der Waals surface area contributed by atoms with Crippen molar-refractivity contribution in [3.63, 3.8) is 0 Å². The molecule has 0 atom stereocenters. The molecule has 0 unspecified atom stereocenters. The molecule has 0 bridgehead atoms. The Morgan fingerprint density at radius 1 is 1.18 bits per heavy atom. The van der Waals surface area contributed by atoms with Gasteiger partial charge in [-0.3, -0.25) is 0 Å². The van der Waals surface area contributed by atoms with Crippen molar-refractivity contribution in [2.75, 3.05) is 21.3 Å². The first kappa shape index (κ1) is 13.0. The lowest BCUT2D eigenvalue weighted by Crippen LogP contribution is -2.14. The van der Waals surface area contributed by atoms with Crippen LogP contribution < -0.4 is 19.9 Å². The van der Waals surface area contributed by atoms with E-state index in [1.807, 2.05) is 0 Å². The maximum absolute atomic E-state index is 8.53. The average molecular weight is 240 g/mol. The predicted molar refractivity (Wildman–Crippen MR) is 63.2 cm³/mol. The van der Waals surface area contributed by atoms with E-state index in [-0.39, 0.29) is 5.84 Å². The van der Waals surface area contributed by atoms with Crippen molar-refractivity contribution in [2.24, 2.45) is 10.9 Å². The molecule has 0 aliphatic heterocycles. The van der Waals surface area contributed by atoms with Crippen LogP contribution in [0.2, 0.25) is 0 Å². The van der Waals surface area contributed by atoms with E-state index in [0.717, 1.165) is 5.56 Å². The van der Waals surface area contributed by atoms with Gasteiger partial charge in [0.2, 0.25) is 5.75 Å². The van der Waals surface area contributed by atoms with E-state index in [4.69, 9.17) is 25.2 Å². The van der Waals surface area contributed by atoms with Gasteiger partial charge in [0.1, 0.15) is 5.84 Å². The molecule has 0 aliphatic rings. The fourth-order valence-electron chi connectivity index (χ4n) is 1.48. The minimum atomic E-state index is 0.110. The van der Waals surface area contributed by atoms with Crippen LogP contribution in [-0.4, -0.2) is 32.4 Å². The van der Waals surface area contributed by atoms with Crippen molar-refractivity contribution in [1.29, 1.82) is 0 Å². The van der Waals surface area contributed by atoms with E-state index in [9.17, 15) is 0 Å². The van der Waals surface area contributed by atoms with Crippen LogP contribution in [0.1, 0.15) is 5.56 Å². The van der Waals surface area contributed by atoms with E-state index < -0.39 is 0 Å². The smallest absolute Gasteiger partial charge is 0.203 e. The van der Waals surface area contributed by atoms with Gasteiger partial charge in [-0.2, -0.15) is 0 Å². The Hall–Kier alpha value is -2.11. The molecule has 0 fully saturated rings. The molecular weight excluding hydrogens is 224 g/mol. The van der Waals surface area contributed by atoms with Crippen LogP contribution in [0.15, 0.2) is 17.3 Å². The molecule has 0 radical (unpaired) electrons. The van der Waals surface area contributed by atoms with Crippen molar-refractivity contribution >= 4 is 5.84 Å². The van der Waals surface area contributed by atoms with E-state index >= 15 is 0 Å². The van der Waals surface area contributed by atoms with Gasteiger partial charge in [-0.15, -0.1) is 0 Å². The fourth-order valence-corrected chi connectivity index (χ4v) is 1.48. The summed E-state index contributed by atoms with van der Waals surface area (Å²) >= 11 is 0. The number of oxime groups is 1. The zero-order valence-corrected chi connectivity index (χ0v) is 10.1. The summed E-state index contributed by atoms with van der Waals surface area (Å²) in [5, 5.41) is 11.4. The number of nitrogens with zero attached hydrogens (tertiary/aromatic N) is 1. The van der Waals surface area contributed by atoms with Crippen LogP contribution in [0.4, 0.5) is 0 Å². The number of benzene rings is 1. The molecule has 0 aromatic heterocycles. The molecule has 0 aliphatic carbocycles. The summed E-state index contributed by atoms with van der Waals surface area (Å²) in [6.45, 7) is 0. The monoisotopic (exact) mass is 240 g/mol. The number of nitrogens with two attached hydrogens (primary N) is 1. The first-order valence-electron chi connectivity index (χ1n) is 4.91. The van der Waals surface area contributed by atoms with Crippen molar-refractivity contribution in [2.45, 2.75) is 6.42 Å². The molecule has 0 saturated heterocycles. The highest BCUT2D eigenvalue weighted by Crippen LogP contribution is 2.38. The molecule has 0 heterocycles. The standard InChI is InChI=1S/C11H16N2O4/c1-15-8-4-7(6-10(12)13-14)5-9(16-2)11(8)17-3/h4-5,14H,6H2,1-3H3,(H2,12,13). The summed E-state index contributed by atoms with van der Waals surface area (Å²) in [7, 11) is 4.60. The minimum Gasteiger partial charge on any atom is -0.493 e. The number of methoxy groups -OCH3 is 3. The second-order valence-electron chi connectivity index (χ2n) is 3.30. The SMILES string of the molecule is COc1cc(C/C(N)=N\O)cc(OC)c1OC. The molecule has 1 aromatic rings. The number of amidine groups is 1. The summed E-state index contributed by atoms with van der Waals surface area (Å²) in [5.41, 5.74) is 6.25. The third kappa shape index (κ3) is 2.93. The molecule has 94 valence electrons. The number of hydrogen-bond acceptors (Lipinski definition) is 5. The quantitative estimate of drug-likeness (QED) is 0.347. The molecular formula is C11H16N2O4. The van der Waals surface area contributed by atoms with Gasteiger partial charge in [0, 0.05) is 6.42 Å². The molecule has 6 nitrogen and oxygen atoms in total. The molecule has 0 amide bonds. The molecule has 0 saturated carbocycles. The van der Waals surface area contributed by atoms with E-state index in [1.54, 1.807) is 12.1 Å². The van der Waals surface area contributed by atoms with E-state index in [1.165, 1.54) is 21.3 Å². The fraction of sp³-hybridized carbons (Fsp3) is 0.364. The Kier molecular flexibility index (Phi) is 4.45. The van der Waals surface area contributed by atoms with E-state index in [0.29, 0.717) is 23.7 Å². The molecule has 3 N–H and O–H groups in total. The maximum atomic E-state index is 8.53. The van der Waals surface area contributed by atoms with E-state index in [2.05, 4.69) is 5.16 Å². The summed E-state index contributed by atoms with van der Waals surface area (Å²) in [6.07, 6.45) is 0.299. The second kappa shape index (κ2) is 5.83. The van der Waals surface area contributed by atoms with Gasteiger partial charge in [-0.1, -0.05) is 5.16 Å². The minimum absolute atomic E-state index is 0.110. The predicted octanol–water partition coefficient (Wildman–Crippen LogP) is 1.00. The van der Waals surface area contributed by atoms with Crippen molar-refractivity contribution in [3.05, 3.63) is 17.7 Å². The highest BCUT2D eigenvalue weighted by atomic mass is 16.5. The van der Waals surface area contributed by atoms with Crippen LogP contribution in [0.25, 0.3) is 0 Å². The summed E-state index contributed by atoms with van der Waals surface area (Å²) < 4.78 is 15.6. The van der Waals surface area contributed by atoms with Crippen LogP contribution >= 0.6 is 0 Å². The molecule has 0 spiro atoms. The van der Waals surface area contributed by atoms with Crippen LogP contribution in [0.3, 0.4) is 0 Å². The third-order valence-electron chi connectivity index (χ3n) is 2.24. The average Bonchev–Trinajstić information content (AvgIpc) is 2.37. The number of rotatable bonds is 5. The molecule has 6 heteroatoms. The Bertz CT molecular complexity index is 393. The third-order valence-corrected chi connectivity index (χ3v) is 2.24. The van der Waals surface area contributed by atoms with Gasteiger partial charge < -0.3 is 25.2 Å². The van der Waals surface area contributed by atoms with Crippen LogP contribution in [0, 0.1) is 0 Å². The van der Waals surface area contributed by atoms with Gasteiger partial charge in [-0.05, 0) is 17.7 Å².